The van der Waals surface area contributed by atoms with E-state index >= 15 is 0 Å². The van der Waals surface area contributed by atoms with Gasteiger partial charge in [-0.1, -0.05) is 54.1 Å². The third kappa shape index (κ3) is 5.64. The number of rotatable bonds is 8. The fourth-order valence-corrected chi connectivity index (χ4v) is 5.24. The summed E-state index contributed by atoms with van der Waals surface area (Å²) in [6, 6.07) is 20.7. The first-order valence-corrected chi connectivity index (χ1v) is 12.7. The summed E-state index contributed by atoms with van der Waals surface area (Å²) in [6.07, 6.45) is 1.43. The van der Waals surface area contributed by atoms with Crippen LogP contribution in [0.2, 0.25) is 5.02 Å². The Morgan fingerprint density at radius 2 is 1.65 bits per heavy atom. The van der Waals surface area contributed by atoms with Crippen LogP contribution >= 0.6 is 11.6 Å². The van der Waals surface area contributed by atoms with E-state index in [1.165, 1.54) is 18.2 Å². The molecule has 1 aliphatic heterocycles. The van der Waals surface area contributed by atoms with Gasteiger partial charge in [0, 0.05) is 37.3 Å². The lowest BCUT2D eigenvalue weighted by Crippen LogP contribution is -2.26. The van der Waals surface area contributed by atoms with Crippen molar-refractivity contribution in [3.63, 3.8) is 0 Å². The number of nitrogens with zero attached hydrogens (tertiary/aromatic N) is 1. The van der Waals surface area contributed by atoms with E-state index in [9.17, 15) is 18.0 Å². The van der Waals surface area contributed by atoms with Crippen molar-refractivity contribution in [2.45, 2.75) is 30.8 Å². The van der Waals surface area contributed by atoms with E-state index < -0.39 is 15.9 Å². The molecule has 1 fully saturated rings. The van der Waals surface area contributed by atoms with Crippen LogP contribution in [0.25, 0.3) is 0 Å². The van der Waals surface area contributed by atoms with E-state index in [0.717, 1.165) is 29.8 Å². The Morgan fingerprint density at radius 1 is 0.941 bits per heavy atom. The third-order valence-electron chi connectivity index (χ3n) is 5.57. The minimum atomic E-state index is -3.92. The summed E-state index contributed by atoms with van der Waals surface area (Å²) in [6.45, 7) is 1.08. The lowest BCUT2D eigenvalue weighted by molar-refractivity contribution is -0.117. The average molecular weight is 498 g/mol. The van der Waals surface area contributed by atoms with Crippen LogP contribution < -0.4 is 14.9 Å². The second-order valence-corrected chi connectivity index (χ2v) is 10.1. The number of sulfonamides is 1. The largest absolute Gasteiger partial charge is 0.348 e. The number of carbonyl (C=O) groups is 2. The first-order chi connectivity index (χ1) is 16.3. The van der Waals surface area contributed by atoms with Gasteiger partial charge in [-0.3, -0.25) is 9.59 Å². The van der Waals surface area contributed by atoms with Gasteiger partial charge in [0.25, 0.3) is 5.91 Å². The number of hydrogen-bond acceptors (Lipinski definition) is 4. The molecular weight excluding hydrogens is 474 g/mol. The highest BCUT2D eigenvalue weighted by atomic mass is 35.5. The van der Waals surface area contributed by atoms with Crippen LogP contribution in [0, 0.1) is 0 Å². The molecule has 0 atom stereocenters. The molecule has 0 spiro atoms. The molecule has 2 N–H and O–H groups in total. The van der Waals surface area contributed by atoms with Crippen molar-refractivity contribution in [3.8, 4) is 0 Å². The molecular formula is C25H24ClN3O4S. The average Bonchev–Trinajstić information content (AvgIpc) is 3.28. The maximum absolute atomic E-state index is 12.8. The number of halogens is 1. The second-order valence-electron chi connectivity index (χ2n) is 7.95. The maximum Gasteiger partial charge on any atom is 0.251 e. The topological polar surface area (TPSA) is 95.6 Å². The molecule has 0 radical (unpaired) electrons. The van der Waals surface area contributed by atoms with Crippen LogP contribution in [0.3, 0.4) is 0 Å². The number of hydrogen-bond donors (Lipinski definition) is 2. The fourth-order valence-electron chi connectivity index (χ4n) is 3.70. The van der Waals surface area contributed by atoms with E-state index in [1.54, 1.807) is 4.90 Å². The smallest absolute Gasteiger partial charge is 0.251 e. The highest BCUT2D eigenvalue weighted by molar-refractivity contribution is 7.89. The SMILES string of the molecule is O=C(NCc1ccc(N2CCCC2=O)cc1)c1ccc(Cl)c(S(=O)(=O)NCc2ccccc2)c1. The molecule has 0 aromatic heterocycles. The van der Waals surface area contributed by atoms with E-state index in [2.05, 4.69) is 10.0 Å². The van der Waals surface area contributed by atoms with Crippen molar-refractivity contribution >= 4 is 39.1 Å². The van der Waals surface area contributed by atoms with Crippen LogP contribution in [0.1, 0.15) is 34.3 Å². The summed E-state index contributed by atoms with van der Waals surface area (Å²) in [5, 5.41) is 2.82. The van der Waals surface area contributed by atoms with Crippen molar-refractivity contribution in [1.82, 2.24) is 10.0 Å². The predicted octanol–water partition coefficient (Wildman–Crippen LogP) is 3.88. The van der Waals surface area contributed by atoms with Gasteiger partial charge < -0.3 is 10.2 Å². The molecule has 4 rings (SSSR count). The molecule has 1 aliphatic rings. The van der Waals surface area contributed by atoms with E-state index in [0.29, 0.717) is 6.42 Å². The Balaban J connectivity index is 1.40. The van der Waals surface area contributed by atoms with Gasteiger partial charge in [0.2, 0.25) is 15.9 Å². The monoisotopic (exact) mass is 497 g/mol. The van der Waals surface area contributed by atoms with Gasteiger partial charge in [-0.15, -0.1) is 0 Å². The van der Waals surface area contributed by atoms with Gasteiger partial charge in [0.1, 0.15) is 4.90 Å². The highest BCUT2D eigenvalue weighted by Crippen LogP contribution is 2.24. The zero-order valence-electron chi connectivity index (χ0n) is 18.3. The maximum atomic E-state index is 12.8. The molecule has 3 aromatic carbocycles. The van der Waals surface area contributed by atoms with Crippen molar-refractivity contribution in [2.75, 3.05) is 11.4 Å². The summed E-state index contributed by atoms with van der Waals surface area (Å²) in [7, 11) is -3.92. The molecule has 3 aromatic rings. The number of amides is 2. The highest BCUT2D eigenvalue weighted by Gasteiger charge is 2.22. The molecule has 176 valence electrons. The fraction of sp³-hybridized carbons (Fsp3) is 0.200. The normalized spacial score (nSPS) is 13.8. The third-order valence-corrected chi connectivity index (χ3v) is 7.45. The molecule has 0 aliphatic carbocycles. The van der Waals surface area contributed by atoms with Crippen molar-refractivity contribution in [2.24, 2.45) is 0 Å². The summed E-state index contributed by atoms with van der Waals surface area (Å²) in [5.41, 5.74) is 2.68. The Bertz CT molecular complexity index is 1300. The Morgan fingerprint density at radius 3 is 2.32 bits per heavy atom. The van der Waals surface area contributed by atoms with E-state index in [4.69, 9.17) is 11.6 Å². The lowest BCUT2D eigenvalue weighted by atomic mass is 10.1. The summed E-state index contributed by atoms with van der Waals surface area (Å²) < 4.78 is 28.1. The minimum absolute atomic E-state index is 0.0316. The summed E-state index contributed by atoms with van der Waals surface area (Å²) in [4.78, 5) is 26.2. The van der Waals surface area contributed by atoms with Gasteiger partial charge >= 0.3 is 0 Å². The van der Waals surface area contributed by atoms with Gasteiger partial charge in [-0.05, 0) is 47.9 Å². The molecule has 1 saturated heterocycles. The van der Waals surface area contributed by atoms with Gasteiger partial charge in [0.05, 0.1) is 5.02 Å². The standard InChI is InChI=1S/C25H24ClN3O4S/c26-22-13-10-20(15-23(22)34(32,33)28-17-18-5-2-1-3-6-18)25(31)27-16-19-8-11-21(12-9-19)29-14-4-7-24(29)30/h1-3,5-6,8-13,15,28H,4,7,14,16-17H2,(H,27,31). The van der Waals surface area contributed by atoms with Crippen LogP contribution in [-0.2, 0) is 27.9 Å². The number of benzene rings is 3. The molecule has 0 bridgehead atoms. The molecule has 0 unspecified atom stereocenters. The predicted molar refractivity (Wildman–Crippen MR) is 131 cm³/mol. The number of carbonyl (C=O) groups excluding carboxylic acids is 2. The minimum Gasteiger partial charge on any atom is -0.348 e. The summed E-state index contributed by atoms with van der Waals surface area (Å²) in [5.74, 6) is -0.303. The van der Waals surface area contributed by atoms with E-state index in [1.807, 2.05) is 54.6 Å². The van der Waals surface area contributed by atoms with Crippen molar-refractivity contribution in [1.29, 1.82) is 0 Å². The van der Waals surface area contributed by atoms with Crippen LogP contribution in [0.5, 0.6) is 0 Å². The quantitative estimate of drug-likeness (QED) is 0.493. The van der Waals surface area contributed by atoms with Gasteiger partial charge in [0.15, 0.2) is 0 Å². The molecule has 34 heavy (non-hydrogen) atoms. The second kappa shape index (κ2) is 10.4. The zero-order chi connectivity index (χ0) is 24.1. The molecule has 1 heterocycles. The van der Waals surface area contributed by atoms with Gasteiger partial charge in [-0.25, -0.2) is 13.1 Å². The number of nitrogens with one attached hydrogen (secondary N) is 2. The van der Waals surface area contributed by atoms with Crippen LogP contribution in [0.4, 0.5) is 5.69 Å². The first kappa shape index (κ1) is 23.9. The lowest BCUT2D eigenvalue weighted by Gasteiger charge is -2.16. The van der Waals surface area contributed by atoms with E-state index in [-0.39, 0.29) is 34.5 Å². The molecule has 7 nitrogen and oxygen atoms in total. The Kier molecular flexibility index (Phi) is 7.31. The number of anilines is 1. The van der Waals surface area contributed by atoms with Crippen LogP contribution in [-0.4, -0.2) is 26.8 Å². The zero-order valence-corrected chi connectivity index (χ0v) is 19.9. The molecule has 2 amide bonds. The molecule has 9 heteroatoms. The molecule has 0 saturated carbocycles. The Labute approximate surface area is 203 Å². The first-order valence-electron chi connectivity index (χ1n) is 10.8. The van der Waals surface area contributed by atoms with Gasteiger partial charge in [-0.2, -0.15) is 0 Å². The van der Waals surface area contributed by atoms with Crippen molar-refractivity contribution in [3.05, 3.63) is 94.5 Å². The van der Waals surface area contributed by atoms with Crippen LogP contribution in [0.15, 0.2) is 77.7 Å². The van der Waals surface area contributed by atoms with Crippen molar-refractivity contribution < 1.29 is 18.0 Å². The Hall–Kier alpha value is -3.20. The summed E-state index contributed by atoms with van der Waals surface area (Å²) >= 11 is 6.14.